The first-order valence-electron chi connectivity index (χ1n) is 3.19. The first-order chi connectivity index (χ1) is 4.23. The Kier molecular flexibility index (Phi) is 2.12. The Hall–Kier alpha value is 0.430. The van der Waals surface area contributed by atoms with Gasteiger partial charge in [-0.3, -0.25) is 0 Å². The monoisotopic (exact) mass is 149 g/mol. The summed E-state index contributed by atoms with van der Waals surface area (Å²) in [5.41, 5.74) is -0.606. The minimum absolute atomic E-state index is 0. The average Bonchev–Trinajstić information content (AvgIpc) is 2.13. The van der Waals surface area contributed by atoms with E-state index in [2.05, 4.69) is 5.32 Å². The molecule has 0 aromatic heterocycles. The molecule has 0 radical (unpaired) electrons. The fourth-order valence-corrected chi connectivity index (χ4v) is 1.79. The Bertz CT molecular complexity index is 160. The molecule has 0 amide bonds. The smallest absolute Gasteiger partial charge is 0.548 e. The van der Waals surface area contributed by atoms with E-state index in [0.717, 1.165) is 19.4 Å². The molecule has 1 N–H and O–H groups in total. The Balaban J connectivity index is 0.000000500. The van der Waals surface area contributed by atoms with Gasteiger partial charge in [-0.25, -0.2) is 0 Å². The Morgan fingerprint density at radius 3 is 2.40 bits per heavy atom. The molecular weight excluding hydrogens is 141 g/mol. The molecule has 0 spiro atoms. The summed E-state index contributed by atoms with van der Waals surface area (Å²) in [5.74, 6) is -0.306. The second-order valence-electron chi connectivity index (χ2n) is 3.02. The number of hydrogen-bond donors (Lipinski definition) is 1. The molecule has 3 aliphatic rings. The van der Waals surface area contributed by atoms with Gasteiger partial charge in [0.25, 0.3) is 0 Å². The van der Waals surface area contributed by atoms with E-state index in [1.807, 2.05) is 0 Å². The summed E-state index contributed by atoms with van der Waals surface area (Å²) in [6, 6.07) is 0. The van der Waals surface area contributed by atoms with Crippen molar-refractivity contribution < 1.29 is 39.5 Å². The normalized spacial score (nSPS) is 41.8. The van der Waals surface area contributed by atoms with Crippen molar-refractivity contribution in [2.45, 2.75) is 18.4 Å². The van der Waals surface area contributed by atoms with Gasteiger partial charge in [0.05, 0.1) is 11.5 Å². The van der Waals surface area contributed by atoms with Crippen molar-refractivity contribution in [1.82, 2.24) is 5.32 Å². The number of carboxylic acid groups (broad SMARTS) is 1. The molecule has 1 aliphatic carbocycles. The molecule has 1 saturated carbocycles. The molecule has 2 heterocycles. The van der Waals surface area contributed by atoms with Crippen LogP contribution in [0.25, 0.3) is 0 Å². The van der Waals surface area contributed by atoms with Crippen LogP contribution in [0, 0.1) is 5.92 Å². The minimum atomic E-state index is -0.920. The second kappa shape index (κ2) is 2.48. The molecule has 50 valence electrons. The van der Waals surface area contributed by atoms with Gasteiger partial charge in [0.1, 0.15) is 0 Å². The number of carboxylic acids is 1. The van der Waals surface area contributed by atoms with Crippen LogP contribution in [0.15, 0.2) is 0 Å². The summed E-state index contributed by atoms with van der Waals surface area (Å²) in [7, 11) is 0. The number of fused-ring (bicyclic) bond motifs is 1. The summed E-state index contributed by atoms with van der Waals surface area (Å²) in [6.45, 7) is 0.869. The maximum Gasteiger partial charge on any atom is 1.00 e. The van der Waals surface area contributed by atoms with Crippen molar-refractivity contribution >= 4 is 5.97 Å². The maximum atomic E-state index is 10.4. The number of carbonyl (C=O) groups is 1. The van der Waals surface area contributed by atoms with Crippen LogP contribution in [-0.4, -0.2) is 18.1 Å². The third-order valence-electron chi connectivity index (χ3n) is 2.39. The summed E-state index contributed by atoms with van der Waals surface area (Å²) >= 11 is 0. The van der Waals surface area contributed by atoms with Crippen LogP contribution < -0.4 is 40.0 Å². The SMILES string of the molecule is O=C([O-])C12CC(CN1)C2.[Na+]. The van der Waals surface area contributed by atoms with Crippen LogP contribution in [0.3, 0.4) is 0 Å². The van der Waals surface area contributed by atoms with Crippen LogP contribution in [0.5, 0.6) is 0 Å². The summed E-state index contributed by atoms with van der Waals surface area (Å²) < 4.78 is 0. The Morgan fingerprint density at radius 2 is 2.20 bits per heavy atom. The number of carbonyl (C=O) groups excluding carboxylic acids is 1. The van der Waals surface area contributed by atoms with Crippen LogP contribution in [0.2, 0.25) is 0 Å². The van der Waals surface area contributed by atoms with Gasteiger partial charge in [-0.15, -0.1) is 0 Å². The molecule has 2 aliphatic heterocycles. The first-order valence-corrected chi connectivity index (χ1v) is 3.19. The van der Waals surface area contributed by atoms with Gasteiger partial charge in [0, 0.05) is 0 Å². The van der Waals surface area contributed by atoms with Gasteiger partial charge in [0.15, 0.2) is 0 Å². The van der Waals surface area contributed by atoms with E-state index in [1.165, 1.54) is 0 Å². The predicted octanol–water partition coefficient (Wildman–Crippen LogP) is -4.51. The van der Waals surface area contributed by atoms with E-state index in [-0.39, 0.29) is 29.6 Å². The van der Waals surface area contributed by atoms with Gasteiger partial charge < -0.3 is 15.2 Å². The maximum absolute atomic E-state index is 10.4. The van der Waals surface area contributed by atoms with Crippen molar-refractivity contribution in [3.8, 4) is 0 Å². The Labute approximate surface area is 81.5 Å². The third-order valence-corrected chi connectivity index (χ3v) is 2.39. The van der Waals surface area contributed by atoms with E-state index in [9.17, 15) is 9.90 Å². The molecule has 2 saturated heterocycles. The third kappa shape index (κ3) is 0.925. The van der Waals surface area contributed by atoms with Gasteiger partial charge in [0.2, 0.25) is 0 Å². The van der Waals surface area contributed by atoms with Crippen LogP contribution >= 0.6 is 0 Å². The molecule has 4 heteroatoms. The number of aliphatic carboxylic acids is 1. The zero-order valence-corrected chi connectivity index (χ0v) is 8.02. The largest absolute Gasteiger partial charge is 1.00 e. The van der Waals surface area contributed by atoms with Crippen LogP contribution in [0.1, 0.15) is 12.8 Å². The van der Waals surface area contributed by atoms with E-state index in [4.69, 9.17) is 0 Å². The van der Waals surface area contributed by atoms with Crippen molar-refractivity contribution in [3.63, 3.8) is 0 Å². The first kappa shape index (κ1) is 8.53. The minimum Gasteiger partial charge on any atom is -0.548 e. The fourth-order valence-electron chi connectivity index (χ4n) is 1.79. The predicted molar refractivity (Wildman–Crippen MR) is 28.5 cm³/mol. The van der Waals surface area contributed by atoms with Gasteiger partial charge in [-0.2, -0.15) is 0 Å². The van der Waals surface area contributed by atoms with Crippen molar-refractivity contribution in [2.75, 3.05) is 6.54 Å². The quantitative estimate of drug-likeness (QED) is 0.382. The number of nitrogens with one attached hydrogen (secondary N) is 1. The zero-order chi connectivity index (χ0) is 6.48. The second-order valence-corrected chi connectivity index (χ2v) is 3.02. The molecule has 3 fully saturated rings. The molecule has 3 rings (SSSR count). The van der Waals surface area contributed by atoms with E-state index in [0.29, 0.717) is 5.92 Å². The van der Waals surface area contributed by atoms with Crippen molar-refractivity contribution in [3.05, 3.63) is 0 Å². The molecule has 10 heavy (non-hydrogen) atoms. The van der Waals surface area contributed by atoms with Crippen molar-refractivity contribution in [1.29, 1.82) is 0 Å². The number of hydrogen-bond acceptors (Lipinski definition) is 3. The molecule has 0 aromatic carbocycles. The standard InChI is InChI=1S/C6H9NO2.Na/c8-5(9)6-1-4(2-6)3-7-6;/h4,7H,1-3H2,(H,8,9);/q;+1/p-1. The van der Waals surface area contributed by atoms with Gasteiger partial charge >= 0.3 is 29.6 Å². The molecule has 0 atom stereocenters. The average molecular weight is 149 g/mol. The van der Waals surface area contributed by atoms with E-state index >= 15 is 0 Å². The van der Waals surface area contributed by atoms with E-state index in [1.54, 1.807) is 0 Å². The topological polar surface area (TPSA) is 52.2 Å². The molecule has 0 unspecified atom stereocenters. The van der Waals surface area contributed by atoms with Crippen LogP contribution in [-0.2, 0) is 4.79 Å². The number of rotatable bonds is 1. The summed E-state index contributed by atoms with van der Waals surface area (Å²) in [6.07, 6.45) is 1.57. The van der Waals surface area contributed by atoms with Gasteiger partial charge in [-0.05, 0) is 25.3 Å². The van der Waals surface area contributed by atoms with Crippen molar-refractivity contribution in [2.24, 2.45) is 5.92 Å². The molecule has 0 aromatic rings. The Morgan fingerprint density at radius 1 is 1.60 bits per heavy atom. The summed E-state index contributed by atoms with van der Waals surface area (Å²) in [5, 5.41) is 13.3. The van der Waals surface area contributed by atoms with E-state index < -0.39 is 11.5 Å². The molecule has 2 bridgehead atoms. The zero-order valence-electron chi connectivity index (χ0n) is 6.02. The van der Waals surface area contributed by atoms with Gasteiger partial charge in [-0.1, -0.05) is 0 Å². The summed E-state index contributed by atoms with van der Waals surface area (Å²) in [4.78, 5) is 10.4. The molecular formula is C6H8NNaO2. The van der Waals surface area contributed by atoms with Crippen LogP contribution in [0.4, 0.5) is 0 Å². The fraction of sp³-hybridized carbons (Fsp3) is 0.833. The molecule has 3 nitrogen and oxygen atoms in total.